The molecule has 16 heavy (non-hydrogen) atoms. The zero-order valence-electron chi connectivity index (χ0n) is 8.27. The molecule has 0 radical (unpaired) electrons. The standard InChI is InChI=1S/C12H8N2O2/c15-12(16)10-6-14-11-8-3-4-13-5-7(8)1-2-9(10)11/h1-6,14H,(H,15,16). The van der Waals surface area contributed by atoms with E-state index in [9.17, 15) is 4.79 Å². The van der Waals surface area contributed by atoms with Crippen LogP contribution in [0.2, 0.25) is 0 Å². The molecule has 2 aromatic heterocycles. The number of aromatic carboxylic acids is 1. The molecule has 0 unspecified atom stereocenters. The van der Waals surface area contributed by atoms with Gasteiger partial charge in [0.15, 0.2) is 0 Å². The lowest BCUT2D eigenvalue weighted by Gasteiger charge is -1.98. The summed E-state index contributed by atoms with van der Waals surface area (Å²) in [5.41, 5.74) is 1.14. The minimum atomic E-state index is -0.917. The molecule has 0 saturated heterocycles. The molecule has 1 aromatic carbocycles. The number of nitrogens with one attached hydrogen (secondary N) is 1. The van der Waals surface area contributed by atoms with Crippen LogP contribution in [0.25, 0.3) is 21.7 Å². The van der Waals surface area contributed by atoms with Crippen molar-refractivity contribution in [3.8, 4) is 0 Å². The first-order chi connectivity index (χ1) is 7.77. The summed E-state index contributed by atoms with van der Waals surface area (Å²) in [4.78, 5) is 18.0. The van der Waals surface area contributed by atoms with Gasteiger partial charge in [-0.2, -0.15) is 0 Å². The van der Waals surface area contributed by atoms with E-state index >= 15 is 0 Å². The van der Waals surface area contributed by atoms with E-state index in [-0.39, 0.29) is 0 Å². The van der Waals surface area contributed by atoms with Crippen molar-refractivity contribution in [2.45, 2.75) is 0 Å². The number of fused-ring (bicyclic) bond motifs is 3. The molecule has 0 aliphatic carbocycles. The van der Waals surface area contributed by atoms with Gasteiger partial charge in [0.2, 0.25) is 0 Å². The fraction of sp³-hybridized carbons (Fsp3) is 0. The van der Waals surface area contributed by atoms with Crippen LogP contribution in [0.3, 0.4) is 0 Å². The summed E-state index contributed by atoms with van der Waals surface area (Å²) in [5.74, 6) is -0.917. The Morgan fingerprint density at radius 1 is 1.25 bits per heavy atom. The number of aromatic nitrogens is 2. The third-order valence-corrected chi connectivity index (χ3v) is 2.70. The molecular weight excluding hydrogens is 204 g/mol. The molecule has 0 aliphatic heterocycles. The summed E-state index contributed by atoms with van der Waals surface area (Å²) in [6.45, 7) is 0. The van der Waals surface area contributed by atoms with Crippen LogP contribution in [0.4, 0.5) is 0 Å². The number of hydrogen-bond donors (Lipinski definition) is 2. The average Bonchev–Trinajstić information content (AvgIpc) is 2.73. The Labute approximate surface area is 90.5 Å². The summed E-state index contributed by atoms with van der Waals surface area (Å²) >= 11 is 0. The minimum Gasteiger partial charge on any atom is -0.478 e. The van der Waals surface area contributed by atoms with Crippen LogP contribution in [0.5, 0.6) is 0 Å². The van der Waals surface area contributed by atoms with Crippen LogP contribution in [0.15, 0.2) is 36.8 Å². The largest absolute Gasteiger partial charge is 0.478 e. The van der Waals surface area contributed by atoms with E-state index in [0.717, 1.165) is 21.7 Å². The van der Waals surface area contributed by atoms with Crippen LogP contribution < -0.4 is 0 Å². The van der Waals surface area contributed by atoms with Gasteiger partial charge in [-0.25, -0.2) is 4.79 Å². The van der Waals surface area contributed by atoms with Gasteiger partial charge in [0.25, 0.3) is 0 Å². The fourth-order valence-electron chi connectivity index (χ4n) is 1.95. The molecule has 4 heteroatoms. The SMILES string of the molecule is O=C(O)c1c[nH]c2c1ccc1cnccc12. The van der Waals surface area contributed by atoms with E-state index < -0.39 is 5.97 Å². The van der Waals surface area contributed by atoms with Gasteiger partial charge in [0.1, 0.15) is 0 Å². The molecular formula is C12H8N2O2. The summed E-state index contributed by atoms with van der Waals surface area (Å²) in [7, 11) is 0. The number of rotatable bonds is 1. The Balaban J connectivity index is 2.49. The van der Waals surface area contributed by atoms with Gasteiger partial charge in [-0.05, 0) is 6.07 Å². The van der Waals surface area contributed by atoms with Crippen LogP contribution in [0.1, 0.15) is 10.4 Å². The van der Waals surface area contributed by atoms with Crippen molar-refractivity contribution in [1.29, 1.82) is 0 Å². The first-order valence-electron chi connectivity index (χ1n) is 4.84. The number of H-pyrrole nitrogens is 1. The quantitative estimate of drug-likeness (QED) is 0.651. The number of nitrogens with zero attached hydrogens (tertiary/aromatic N) is 1. The lowest BCUT2D eigenvalue weighted by atomic mass is 10.1. The third-order valence-electron chi connectivity index (χ3n) is 2.70. The maximum absolute atomic E-state index is 11.0. The highest BCUT2D eigenvalue weighted by Gasteiger charge is 2.11. The minimum absolute atomic E-state index is 0.300. The lowest BCUT2D eigenvalue weighted by Crippen LogP contribution is -1.93. The summed E-state index contributed by atoms with van der Waals surface area (Å²) in [6.07, 6.45) is 4.98. The van der Waals surface area contributed by atoms with Crippen LogP contribution in [0, 0.1) is 0 Å². The number of carbonyl (C=O) groups is 1. The molecule has 2 N–H and O–H groups in total. The molecule has 2 heterocycles. The monoisotopic (exact) mass is 212 g/mol. The molecule has 0 saturated carbocycles. The van der Waals surface area contributed by atoms with Gasteiger partial charge in [0, 0.05) is 34.7 Å². The molecule has 4 nitrogen and oxygen atoms in total. The topological polar surface area (TPSA) is 66.0 Å². The summed E-state index contributed by atoms with van der Waals surface area (Å²) < 4.78 is 0. The number of pyridine rings is 1. The maximum atomic E-state index is 11.0. The second-order valence-electron chi connectivity index (χ2n) is 3.59. The molecule has 0 amide bonds. The van der Waals surface area contributed by atoms with Crippen LogP contribution in [-0.2, 0) is 0 Å². The van der Waals surface area contributed by atoms with Crippen molar-refractivity contribution in [3.05, 3.63) is 42.4 Å². The first-order valence-corrected chi connectivity index (χ1v) is 4.84. The van der Waals surface area contributed by atoms with Crippen molar-refractivity contribution < 1.29 is 9.90 Å². The van der Waals surface area contributed by atoms with E-state index in [4.69, 9.17) is 5.11 Å². The van der Waals surface area contributed by atoms with Crippen molar-refractivity contribution >= 4 is 27.6 Å². The molecule has 0 bridgehead atoms. The van der Waals surface area contributed by atoms with Gasteiger partial charge in [-0.3, -0.25) is 4.98 Å². The van der Waals surface area contributed by atoms with Gasteiger partial charge in [-0.1, -0.05) is 12.1 Å². The Bertz CT molecular complexity index is 700. The summed E-state index contributed by atoms with van der Waals surface area (Å²) in [6, 6.07) is 5.56. The molecule has 0 aliphatic rings. The number of benzene rings is 1. The molecule has 3 rings (SSSR count). The van der Waals surface area contributed by atoms with Crippen molar-refractivity contribution in [2.24, 2.45) is 0 Å². The Kier molecular flexibility index (Phi) is 1.71. The first kappa shape index (κ1) is 8.91. The number of aromatic amines is 1. The van der Waals surface area contributed by atoms with Crippen molar-refractivity contribution in [1.82, 2.24) is 9.97 Å². The Morgan fingerprint density at radius 2 is 2.12 bits per heavy atom. The van der Waals surface area contributed by atoms with Gasteiger partial charge in [0.05, 0.1) is 11.1 Å². The highest BCUT2D eigenvalue weighted by Crippen LogP contribution is 2.26. The van der Waals surface area contributed by atoms with E-state index in [2.05, 4.69) is 9.97 Å². The Morgan fingerprint density at radius 3 is 2.94 bits per heavy atom. The number of carboxylic acid groups (broad SMARTS) is 1. The van der Waals surface area contributed by atoms with E-state index in [1.165, 1.54) is 6.20 Å². The maximum Gasteiger partial charge on any atom is 0.337 e. The van der Waals surface area contributed by atoms with E-state index in [1.54, 1.807) is 18.5 Å². The predicted molar refractivity (Wildman–Crippen MR) is 60.6 cm³/mol. The van der Waals surface area contributed by atoms with Crippen molar-refractivity contribution in [2.75, 3.05) is 0 Å². The second kappa shape index (κ2) is 3.06. The van der Waals surface area contributed by atoms with E-state index in [0.29, 0.717) is 5.56 Å². The number of carboxylic acids is 1. The van der Waals surface area contributed by atoms with Crippen molar-refractivity contribution in [3.63, 3.8) is 0 Å². The van der Waals surface area contributed by atoms with Gasteiger partial charge < -0.3 is 10.1 Å². The molecule has 0 atom stereocenters. The van der Waals surface area contributed by atoms with Crippen LogP contribution in [-0.4, -0.2) is 21.0 Å². The highest BCUT2D eigenvalue weighted by atomic mass is 16.4. The number of hydrogen-bond acceptors (Lipinski definition) is 2. The fourth-order valence-corrected chi connectivity index (χ4v) is 1.95. The summed E-state index contributed by atoms with van der Waals surface area (Å²) in [5, 5.41) is 11.7. The lowest BCUT2D eigenvalue weighted by molar-refractivity contribution is 0.0699. The molecule has 3 aromatic rings. The molecule has 0 fully saturated rings. The van der Waals surface area contributed by atoms with Crippen LogP contribution >= 0.6 is 0 Å². The highest BCUT2D eigenvalue weighted by molar-refractivity contribution is 6.12. The Hall–Kier alpha value is -2.36. The molecule has 78 valence electrons. The smallest absolute Gasteiger partial charge is 0.337 e. The second-order valence-corrected chi connectivity index (χ2v) is 3.59. The zero-order valence-corrected chi connectivity index (χ0v) is 8.27. The predicted octanol–water partition coefficient (Wildman–Crippen LogP) is 2.41. The van der Waals surface area contributed by atoms with E-state index in [1.807, 2.05) is 12.1 Å². The molecule has 0 spiro atoms. The third kappa shape index (κ3) is 1.10. The zero-order chi connectivity index (χ0) is 11.1. The average molecular weight is 212 g/mol. The normalized spacial score (nSPS) is 11.0. The van der Waals surface area contributed by atoms with Gasteiger partial charge in [-0.15, -0.1) is 0 Å². The van der Waals surface area contributed by atoms with Gasteiger partial charge >= 0.3 is 5.97 Å².